The second kappa shape index (κ2) is 7.49. The number of aliphatic hydroxyl groups is 3. The van der Waals surface area contributed by atoms with Crippen LogP contribution in [0, 0.1) is 0 Å². The van der Waals surface area contributed by atoms with Crippen molar-refractivity contribution in [3.8, 4) is 0 Å². The zero-order valence-corrected chi connectivity index (χ0v) is 7.53. The summed E-state index contributed by atoms with van der Waals surface area (Å²) < 4.78 is 0. The van der Waals surface area contributed by atoms with E-state index < -0.39 is 0 Å². The summed E-state index contributed by atoms with van der Waals surface area (Å²) in [6.45, 7) is 2.42. The highest BCUT2D eigenvalue weighted by Gasteiger charge is 2.07. The van der Waals surface area contributed by atoms with E-state index in [1.165, 1.54) is 0 Å². The van der Waals surface area contributed by atoms with Gasteiger partial charge in [0.25, 0.3) is 0 Å². The van der Waals surface area contributed by atoms with E-state index in [9.17, 15) is 0 Å². The highest BCUT2D eigenvalue weighted by atomic mass is 16.3. The maximum Gasteiger partial charge on any atom is 0.0662 e. The lowest BCUT2D eigenvalue weighted by atomic mass is 10.2. The molecule has 0 saturated heterocycles. The van der Waals surface area contributed by atoms with Crippen LogP contribution in [0.3, 0.4) is 0 Å². The standard InChI is InChI=1S/C8H19NO3/c1-2-8(12)5-9-7(6-11)3-4-10/h7-12H,2-6H2,1H3. The third-order valence-electron chi connectivity index (χ3n) is 1.81. The third-order valence-corrected chi connectivity index (χ3v) is 1.81. The molecule has 0 heterocycles. The van der Waals surface area contributed by atoms with Crippen molar-refractivity contribution in [2.75, 3.05) is 19.8 Å². The van der Waals surface area contributed by atoms with Crippen molar-refractivity contribution in [2.24, 2.45) is 0 Å². The maximum absolute atomic E-state index is 9.16. The molecule has 0 amide bonds. The van der Waals surface area contributed by atoms with Crippen molar-refractivity contribution in [2.45, 2.75) is 31.9 Å². The lowest BCUT2D eigenvalue weighted by molar-refractivity contribution is 0.145. The molecule has 4 N–H and O–H groups in total. The Bertz CT molecular complexity index is 100. The van der Waals surface area contributed by atoms with Crippen LogP contribution in [-0.4, -0.2) is 47.2 Å². The average molecular weight is 177 g/mol. The van der Waals surface area contributed by atoms with Crippen LogP contribution < -0.4 is 5.32 Å². The van der Waals surface area contributed by atoms with Crippen LogP contribution in [0.25, 0.3) is 0 Å². The van der Waals surface area contributed by atoms with Gasteiger partial charge in [0.15, 0.2) is 0 Å². The molecule has 4 heteroatoms. The van der Waals surface area contributed by atoms with E-state index in [0.717, 1.165) is 0 Å². The van der Waals surface area contributed by atoms with Crippen molar-refractivity contribution in [3.05, 3.63) is 0 Å². The molecule has 2 atom stereocenters. The molecule has 0 aliphatic carbocycles. The third kappa shape index (κ3) is 5.49. The minimum absolute atomic E-state index is 0.00298. The largest absolute Gasteiger partial charge is 0.396 e. The Morgan fingerprint density at radius 3 is 2.42 bits per heavy atom. The SMILES string of the molecule is CCC(O)CNC(CO)CCO. The van der Waals surface area contributed by atoms with Gasteiger partial charge >= 0.3 is 0 Å². The van der Waals surface area contributed by atoms with Gasteiger partial charge in [-0.05, 0) is 12.8 Å². The molecule has 0 radical (unpaired) electrons. The molecule has 4 nitrogen and oxygen atoms in total. The van der Waals surface area contributed by atoms with Gasteiger partial charge in [-0.2, -0.15) is 0 Å². The summed E-state index contributed by atoms with van der Waals surface area (Å²) in [6.07, 6.45) is 0.856. The van der Waals surface area contributed by atoms with Crippen LogP contribution in [0.1, 0.15) is 19.8 Å². The summed E-state index contributed by atoms with van der Waals surface area (Å²) in [4.78, 5) is 0. The summed E-state index contributed by atoms with van der Waals surface area (Å²) in [6, 6.07) is -0.101. The summed E-state index contributed by atoms with van der Waals surface area (Å²) >= 11 is 0. The Morgan fingerprint density at radius 2 is 2.00 bits per heavy atom. The van der Waals surface area contributed by atoms with Crippen LogP contribution in [0.5, 0.6) is 0 Å². The van der Waals surface area contributed by atoms with Crippen molar-refractivity contribution in [3.63, 3.8) is 0 Å². The fourth-order valence-corrected chi connectivity index (χ4v) is 0.861. The average Bonchev–Trinajstić information content (AvgIpc) is 2.11. The molecule has 0 bridgehead atoms. The molecule has 0 saturated carbocycles. The predicted octanol–water partition coefficient (Wildman–Crippen LogP) is -0.910. The van der Waals surface area contributed by atoms with Gasteiger partial charge in [-0.15, -0.1) is 0 Å². The summed E-state index contributed by atoms with van der Waals surface area (Å²) in [5.41, 5.74) is 0. The molecule has 0 spiro atoms. The Morgan fingerprint density at radius 1 is 1.33 bits per heavy atom. The summed E-state index contributed by atoms with van der Waals surface area (Å²) in [5.74, 6) is 0. The quantitative estimate of drug-likeness (QED) is 0.406. The molecule has 0 aromatic carbocycles. The molecule has 74 valence electrons. The van der Waals surface area contributed by atoms with Crippen LogP contribution in [0.15, 0.2) is 0 Å². The molecular formula is C8H19NO3. The molecule has 0 fully saturated rings. The number of nitrogens with one attached hydrogen (secondary N) is 1. The first-order chi connectivity index (χ1) is 5.74. The molecule has 0 aliphatic heterocycles. The zero-order chi connectivity index (χ0) is 9.40. The van der Waals surface area contributed by atoms with Crippen molar-refractivity contribution >= 4 is 0 Å². The van der Waals surface area contributed by atoms with Crippen molar-refractivity contribution < 1.29 is 15.3 Å². The van der Waals surface area contributed by atoms with Gasteiger partial charge in [0.2, 0.25) is 0 Å². The molecule has 0 aromatic rings. The first-order valence-corrected chi connectivity index (χ1v) is 4.37. The monoisotopic (exact) mass is 177 g/mol. The van der Waals surface area contributed by atoms with Crippen molar-refractivity contribution in [1.29, 1.82) is 0 Å². The van der Waals surface area contributed by atoms with E-state index in [-0.39, 0.29) is 25.4 Å². The van der Waals surface area contributed by atoms with E-state index >= 15 is 0 Å². The maximum atomic E-state index is 9.16. The van der Waals surface area contributed by atoms with Gasteiger partial charge in [-0.25, -0.2) is 0 Å². The van der Waals surface area contributed by atoms with E-state index in [1.54, 1.807) is 0 Å². The van der Waals surface area contributed by atoms with Crippen LogP contribution in [0.2, 0.25) is 0 Å². The smallest absolute Gasteiger partial charge is 0.0662 e. The molecule has 0 aromatic heterocycles. The van der Waals surface area contributed by atoms with E-state index in [2.05, 4.69) is 5.32 Å². The lowest BCUT2D eigenvalue weighted by Gasteiger charge is -2.16. The molecular weight excluding hydrogens is 158 g/mol. The molecule has 0 aliphatic rings. The van der Waals surface area contributed by atoms with E-state index in [1.807, 2.05) is 6.92 Å². The highest BCUT2D eigenvalue weighted by molar-refractivity contribution is 4.67. The Balaban J connectivity index is 3.43. The molecule has 0 rings (SSSR count). The second-order valence-electron chi connectivity index (χ2n) is 2.86. The van der Waals surface area contributed by atoms with Crippen molar-refractivity contribution in [1.82, 2.24) is 5.32 Å². The Kier molecular flexibility index (Phi) is 7.39. The van der Waals surface area contributed by atoms with Crippen LogP contribution in [0.4, 0.5) is 0 Å². The number of rotatable bonds is 7. The first-order valence-electron chi connectivity index (χ1n) is 4.37. The summed E-state index contributed by atoms with van der Waals surface area (Å²) in [7, 11) is 0. The summed E-state index contributed by atoms with van der Waals surface area (Å²) in [5, 5.41) is 29.5. The van der Waals surface area contributed by atoms with Gasteiger partial charge in [-0.1, -0.05) is 6.92 Å². The lowest BCUT2D eigenvalue weighted by Crippen LogP contribution is -2.38. The van der Waals surface area contributed by atoms with Gasteiger partial charge < -0.3 is 20.6 Å². The van der Waals surface area contributed by atoms with E-state index in [0.29, 0.717) is 19.4 Å². The fraction of sp³-hybridized carbons (Fsp3) is 1.00. The second-order valence-corrected chi connectivity index (χ2v) is 2.86. The normalized spacial score (nSPS) is 16.0. The molecule has 2 unspecified atom stereocenters. The highest BCUT2D eigenvalue weighted by Crippen LogP contribution is 1.92. The minimum Gasteiger partial charge on any atom is -0.396 e. The van der Waals surface area contributed by atoms with Gasteiger partial charge in [0.1, 0.15) is 0 Å². The zero-order valence-electron chi connectivity index (χ0n) is 7.53. The number of hydrogen-bond acceptors (Lipinski definition) is 4. The first kappa shape index (κ1) is 11.8. The minimum atomic E-state index is -0.363. The predicted molar refractivity (Wildman–Crippen MR) is 46.9 cm³/mol. The van der Waals surface area contributed by atoms with Gasteiger partial charge in [-0.3, -0.25) is 0 Å². The molecule has 12 heavy (non-hydrogen) atoms. The van der Waals surface area contributed by atoms with Gasteiger partial charge in [0.05, 0.1) is 12.7 Å². The topological polar surface area (TPSA) is 72.7 Å². The number of hydrogen-bond donors (Lipinski definition) is 4. The van der Waals surface area contributed by atoms with E-state index in [4.69, 9.17) is 15.3 Å². The van der Waals surface area contributed by atoms with Crippen LogP contribution >= 0.6 is 0 Å². The number of aliphatic hydroxyl groups excluding tert-OH is 3. The van der Waals surface area contributed by atoms with Crippen LogP contribution in [-0.2, 0) is 0 Å². The fourth-order valence-electron chi connectivity index (χ4n) is 0.861. The Hall–Kier alpha value is -0.160. The van der Waals surface area contributed by atoms with Gasteiger partial charge in [0, 0.05) is 19.2 Å². The Labute approximate surface area is 73.2 Å².